The van der Waals surface area contributed by atoms with Gasteiger partial charge in [-0.2, -0.15) is 5.26 Å². The lowest BCUT2D eigenvalue weighted by Gasteiger charge is -2.23. The number of benzene rings is 1. The topological polar surface area (TPSA) is 45.0 Å². The molecule has 1 unspecified atom stereocenters. The van der Waals surface area contributed by atoms with Crippen LogP contribution in [0, 0.1) is 18.3 Å². The molecule has 1 atom stereocenters. The van der Waals surface area contributed by atoms with Crippen LogP contribution < -0.4 is 5.32 Å². The predicted molar refractivity (Wildman–Crippen MR) is 71.2 cm³/mol. The van der Waals surface area contributed by atoms with Crippen molar-refractivity contribution >= 4 is 0 Å². The third kappa shape index (κ3) is 3.56. The molecule has 3 heteroatoms. The SMILES string of the molecule is Cc1cc(C#N)ccc1CNCC1CCCCO1. The van der Waals surface area contributed by atoms with Gasteiger partial charge >= 0.3 is 0 Å². The summed E-state index contributed by atoms with van der Waals surface area (Å²) >= 11 is 0. The molecule has 0 bridgehead atoms. The Morgan fingerprint density at radius 1 is 1.44 bits per heavy atom. The maximum absolute atomic E-state index is 8.82. The summed E-state index contributed by atoms with van der Waals surface area (Å²) in [5, 5.41) is 12.3. The fraction of sp³-hybridized carbons (Fsp3) is 0.533. The van der Waals surface area contributed by atoms with E-state index in [1.165, 1.54) is 30.4 Å². The average Bonchev–Trinajstić information content (AvgIpc) is 2.42. The lowest BCUT2D eigenvalue weighted by atomic mass is 10.1. The van der Waals surface area contributed by atoms with E-state index in [2.05, 4.69) is 18.3 Å². The number of nitrogens with zero attached hydrogens (tertiary/aromatic N) is 1. The van der Waals surface area contributed by atoms with Crippen LogP contribution in [0.4, 0.5) is 0 Å². The predicted octanol–water partition coefficient (Wildman–Crippen LogP) is 2.53. The van der Waals surface area contributed by atoms with Crippen molar-refractivity contribution in [2.75, 3.05) is 13.2 Å². The van der Waals surface area contributed by atoms with E-state index in [1.54, 1.807) is 0 Å². The Balaban J connectivity index is 1.81. The zero-order chi connectivity index (χ0) is 12.8. The normalized spacial score (nSPS) is 19.4. The molecule has 1 aliphatic heterocycles. The van der Waals surface area contributed by atoms with Crippen molar-refractivity contribution in [2.24, 2.45) is 0 Å². The van der Waals surface area contributed by atoms with Gasteiger partial charge in [-0.1, -0.05) is 6.07 Å². The molecule has 1 fully saturated rings. The summed E-state index contributed by atoms with van der Waals surface area (Å²) in [6.07, 6.45) is 4.02. The van der Waals surface area contributed by atoms with Crippen LogP contribution in [0.1, 0.15) is 36.0 Å². The molecule has 3 nitrogen and oxygen atoms in total. The van der Waals surface area contributed by atoms with Crippen LogP contribution in [0.3, 0.4) is 0 Å². The van der Waals surface area contributed by atoms with E-state index < -0.39 is 0 Å². The van der Waals surface area contributed by atoms with E-state index >= 15 is 0 Å². The Hall–Kier alpha value is -1.37. The van der Waals surface area contributed by atoms with E-state index in [0.29, 0.717) is 6.10 Å². The Morgan fingerprint density at radius 2 is 2.33 bits per heavy atom. The van der Waals surface area contributed by atoms with Crippen molar-refractivity contribution in [3.05, 3.63) is 34.9 Å². The summed E-state index contributed by atoms with van der Waals surface area (Å²) in [4.78, 5) is 0. The molecular formula is C15H20N2O. The smallest absolute Gasteiger partial charge is 0.0991 e. The first-order valence-electron chi connectivity index (χ1n) is 6.61. The summed E-state index contributed by atoms with van der Waals surface area (Å²) in [6.45, 7) is 4.72. The average molecular weight is 244 g/mol. The van der Waals surface area contributed by atoms with E-state index in [4.69, 9.17) is 10.00 Å². The summed E-state index contributed by atoms with van der Waals surface area (Å²) in [7, 11) is 0. The molecular weight excluding hydrogens is 224 g/mol. The highest BCUT2D eigenvalue weighted by atomic mass is 16.5. The van der Waals surface area contributed by atoms with Gasteiger partial charge in [0.15, 0.2) is 0 Å². The Labute approximate surface area is 109 Å². The number of ether oxygens (including phenoxy) is 1. The minimum absolute atomic E-state index is 0.373. The van der Waals surface area contributed by atoms with Gasteiger partial charge < -0.3 is 10.1 Å². The first-order chi connectivity index (χ1) is 8.79. The van der Waals surface area contributed by atoms with Gasteiger partial charge in [0.2, 0.25) is 0 Å². The molecule has 1 aromatic rings. The number of nitrogens with one attached hydrogen (secondary N) is 1. The molecule has 0 saturated carbocycles. The van der Waals surface area contributed by atoms with Gasteiger partial charge in [0, 0.05) is 19.7 Å². The van der Waals surface area contributed by atoms with Gasteiger partial charge in [0.05, 0.1) is 17.7 Å². The third-order valence-corrected chi connectivity index (χ3v) is 3.43. The highest BCUT2D eigenvalue weighted by molar-refractivity contribution is 5.37. The highest BCUT2D eigenvalue weighted by Crippen LogP contribution is 2.13. The van der Waals surface area contributed by atoms with E-state index in [0.717, 1.165) is 25.3 Å². The molecule has 2 rings (SSSR count). The molecule has 0 aromatic heterocycles. The largest absolute Gasteiger partial charge is 0.377 e. The molecule has 1 aliphatic rings. The number of aryl methyl sites for hydroxylation is 1. The van der Waals surface area contributed by atoms with Crippen LogP contribution in [-0.4, -0.2) is 19.3 Å². The zero-order valence-corrected chi connectivity index (χ0v) is 10.9. The zero-order valence-electron chi connectivity index (χ0n) is 10.9. The molecule has 96 valence electrons. The molecule has 0 spiro atoms. The number of hydrogen-bond donors (Lipinski definition) is 1. The summed E-state index contributed by atoms with van der Waals surface area (Å²) in [5.74, 6) is 0. The van der Waals surface area contributed by atoms with E-state index in [9.17, 15) is 0 Å². The fourth-order valence-electron chi connectivity index (χ4n) is 2.30. The van der Waals surface area contributed by atoms with E-state index in [-0.39, 0.29) is 0 Å². The van der Waals surface area contributed by atoms with Crippen LogP contribution in [0.5, 0.6) is 0 Å². The molecule has 0 aliphatic carbocycles. The maximum atomic E-state index is 8.82. The second-order valence-corrected chi connectivity index (χ2v) is 4.87. The van der Waals surface area contributed by atoms with Crippen molar-refractivity contribution < 1.29 is 4.74 Å². The fourth-order valence-corrected chi connectivity index (χ4v) is 2.30. The Morgan fingerprint density at radius 3 is 3.00 bits per heavy atom. The maximum Gasteiger partial charge on any atom is 0.0991 e. The van der Waals surface area contributed by atoms with Crippen molar-refractivity contribution in [3.8, 4) is 6.07 Å². The Bertz CT molecular complexity index is 431. The first-order valence-corrected chi connectivity index (χ1v) is 6.61. The number of rotatable bonds is 4. The standard InChI is InChI=1S/C15H20N2O/c1-12-8-13(9-16)5-6-14(12)10-17-11-15-4-2-3-7-18-15/h5-6,8,15,17H,2-4,7,10-11H2,1H3. The molecule has 1 saturated heterocycles. The lowest BCUT2D eigenvalue weighted by Crippen LogP contribution is -2.31. The van der Waals surface area contributed by atoms with Crippen molar-refractivity contribution in [1.82, 2.24) is 5.32 Å². The minimum Gasteiger partial charge on any atom is -0.377 e. The highest BCUT2D eigenvalue weighted by Gasteiger charge is 2.12. The molecule has 18 heavy (non-hydrogen) atoms. The van der Waals surface area contributed by atoms with Gasteiger partial charge in [-0.3, -0.25) is 0 Å². The minimum atomic E-state index is 0.373. The summed E-state index contributed by atoms with van der Waals surface area (Å²) in [5.41, 5.74) is 3.16. The second-order valence-electron chi connectivity index (χ2n) is 4.87. The van der Waals surface area contributed by atoms with Crippen LogP contribution in [0.25, 0.3) is 0 Å². The monoisotopic (exact) mass is 244 g/mol. The van der Waals surface area contributed by atoms with Crippen molar-refractivity contribution in [3.63, 3.8) is 0 Å². The van der Waals surface area contributed by atoms with Gasteiger partial charge in [0.25, 0.3) is 0 Å². The second kappa shape index (κ2) is 6.53. The van der Waals surface area contributed by atoms with Crippen molar-refractivity contribution in [2.45, 2.75) is 38.8 Å². The van der Waals surface area contributed by atoms with Crippen LogP contribution in [0.2, 0.25) is 0 Å². The Kier molecular flexibility index (Phi) is 4.74. The first kappa shape index (κ1) is 13.1. The summed E-state index contributed by atoms with van der Waals surface area (Å²) < 4.78 is 5.68. The van der Waals surface area contributed by atoms with Gasteiger partial charge in [-0.05, 0) is 49.4 Å². The molecule has 1 aromatic carbocycles. The quantitative estimate of drug-likeness (QED) is 0.885. The molecule has 1 heterocycles. The van der Waals surface area contributed by atoms with Crippen LogP contribution in [-0.2, 0) is 11.3 Å². The van der Waals surface area contributed by atoms with E-state index in [1.807, 2.05) is 18.2 Å². The van der Waals surface area contributed by atoms with Gasteiger partial charge in [0.1, 0.15) is 0 Å². The lowest BCUT2D eigenvalue weighted by molar-refractivity contribution is 0.0168. The third-order valence-electron chi connectivity index (χ3n) is 3.43. The number of hydrogen-bond acceptors (Lipinski definition) is 3. The number of nitriles is 1. The molecule has 1 N–H and O–H groups in total. The van der Waals surface area contributed by atoms with Crippen molar-refractivity contribution in [1.29, 1.82) is 5.26 Å². The molecule has 0 radical (unpaired) electrons. The summed E-state index contributed by atoms with van der Waals surface area (Å²) in [6, 6.07) is 8.01. The van der Waals surface area contributed by atoms with Crippen LogP contribution >= 0.6 is 0 Å². The van der Waals surface area contributed by atoms with Crippen LogP contribution in [0.15, 0.2) is 18.2 Å². The van der Waals surface area contributed by atoms with Gasteiger partial charge in [-0.25, -0.2) is 0 Å². The van der Waals surface area contributed by atoms with Gasteiger partial charge in [-0.15, -0.1) is 0 Å². The molecule has 0 amide bonds.